The highest BCUT2D eigenvalue weighted by atomic mass is 16.2. The van der Waals surface area contributed by atoms with E-state index in [-0.39, 0.29) is 17.7 Å². The highest BCUT2D eigenvalue weighted by molar-refractivity contribution is 5.89. The number of aromatic nitrogens is 3. The number of likely N-dealkylation sites (tertiary alicyclic amines) is 1. The quantitative estimate of drug-likeness (QED) is 0.884. The second kappa shape index (κ2) is 5.08. The largest absolute Gasteiger partial charge is 0.348 e. The number of rotatable bonds is 4. The van der Waals surface area contributed by atoms with Crippen LogP contribution in [0.3, 0.4) is 0 Å². The van der Waals surface area contributed by atoms with Gasteiger partial charge < -0.3 is 10.2 Å². The van der Waals surface area contributed by atoms with Gasteiger partial charge in [-0.25, -0.2) is 0 Å². The summed E-state index contributed by atoms with van der Waals surface area (Å²) in [4.78, 5) is 26.0. The molecule has 22 heavy (non-hydrogen) atoms. The van der Waals surface area contributed by atoms with Crippen molar-refractivity contribution >= 4 is 17.5 Å². The van der Waals surface area contributed by atoms with Crippen LogP contribution in [0, 0.1) is 5.92 Å². The van der Waals surface area contributed by atoms with Crippen LogP contribution in [0.1, 0.15) is 25.1 Å². The van der Waals surface area contributed by atoms with Gasteiger partial charge in [-0.2, -0.15) is 0 Å². The number of amides is 2. The van der Waals surface area contributed by atoms with Crippen molar-refractivity contribution in [3.05, 3.63) is 30.2 Å². The Balaban J connectivity index is 1.39. The lowest BCUT2D eigenvalue weighted by molar-refractivity contribution is -0.129. The third-order valence-electron chi connectivity index (χ3n) is 4.32. The third kappa shape index (κ3) is 2.32. The van der Waals surface area contributed by atoms with Gasteiger partial charge in [-0.05, 0) is 25.0 Å². The molecule has 1 aliphatic carbocycles. The van der Waals surface area contributed by atoms with Gasteiger partial charge in [0.15, 0.2) is 11.5 Å². The van der Waals surface area contributed by atoms with E-state index in [2.05, 4.69) is 15.5 Å². The summed E-state index contributed by atoms with van der Waals surface area (Å²) in [6, 6.07) is 6.03. The highest BCUT2D eigenvalue weighted by Crippen LogP contribution is 2.32. The number of nitrogens with zero attached hydrogens (tertiary/aromatic N) is 4. The second-order valence-corrected chi connectivity index (χ2v) is 5.94. The average molecular weight is 299 g/mol. The summed E-state index contributed by atoms with van der Waals surface area (Å²) in [5.74, 6) is 0.472. The van der Waals surface area contributed by atoms with Gasteiger partial charge in [0.25, 0.3) is 0 Å². The molecule has 2 aliphatic rings. The number of carbonyl (C=O) groups is 2. The number of fused-ring (bicyclic) bond motifs is 1. The summed E-state index contributed by atoms with van der Waals surface area (Å²) in [6.07, 6.45) is 4.34. The van der Waals surface area contributed by atoms with E-state index in [0.717, 1.165) is 18.5 Å². The minimum atomic E-state index is -0.243. The highest BCUT2D eigenvalue weighted by Gasteiger charge is 2.41. The zero-order valence-electron chi connectivity index (χ0n) is 12.1. The lowest BCUT2D eigenvalue weighted by atomic mass is 10.1. The SMILES string of the molecule is O=C(NCc1nnc2ccccn12)C1CC(=O)N(C2CC2)C1. The van der Waals surface area contributed by atoms with E-state index in [1.165, 1.54) is 0 Å². The topological polar surface area (TPSA) is 79.6 Å². The molecule has 0 spiro atoms. The molecule has 1 atom stereocenters. The summed E-state index contributed by atoms with van der Waals surface area (Å²) in [5, 5.41) is 11.0. The summed E-state index contributed by atoms with van der Waals surface area (Å²) >= 11 is 0. The first-order valence-electron chi connectivity index (χ1n) is 7.58. The van der Waals surface area contributed by atoms with Gasteiger partial charge in [0.1, 0.15) is 0 Å². The lowest BCUT2D eigenvalue weighted by Gasteiger charge is -2.15. The van der Waals surface area contributed by atoms with Crippen molar-refractivity contribution in [2.24, 2.45) is 5.92 Å². The molecule has 2 aromatic rings. The molecule has 0 aromatic carbocycles. The predicted molar refractivity (Wildman–Crippen MR) is 77.7 cm³/mol. The van der Waals surface area contributed by atoms with Gasteiger partial charge in [0, 0.05) is 25.2 Å². The van der Waals surface area contributed by atoms with Gasteiger partial charge in [0.2, 0.25) is 11.8 Å². The molecule has 1 unspecified atom stereocenters. The Hall–Kier alpha value is -2.44. The lowest BCUT2D eigenvalue weighted by Crippen LogP contribution is -2.33. The standard InChI is InChI=1S/C15H17N5O2/c21-14-7-10(9-20(14)11-4-5-11)15(22)16-8-13-18-17-12-3-1-2-6-19(12)13/h1-3,6,10-11H,4-5,7-9H2,(H,16,22). The fourth-order valence-corrected chi connectivity index (χ4v) is 2.97. The zero-order valence-corrected chi connectivity index (χ0v) is 12.1. The van der Waals surface area contributed by atoms with Crippen LogP contribution in [0.2, 0.25) is 0 Å². The van der Waals surface area contributed by atoms with E-state index in [4.69, 9.17) is 0 Å². The molecule has 1 saturated carbocycles. The van der Waals surface area contributed by atoms with Gasteiger partial charge in [-0.1, -0.05) is 6.07 Å². The van der Waals surface area contributed by atoms with Crippen molar-refractivity contribution in [1.82, 2.24) is 24.8 Å². The maximum Gasteiger partial charge on any atom is 0.225 e. The fraction of sp³-hybridized carbons (Fsp3) is 0.467. The summed E-state index contributed by atoms with van der Waals surface area (Å²) < 4.78 is 1.84. The minimum absolute atomic E-state index is 0.0795. The van der Waals surface area contributed by atoms with Crippen molar-refractivity contribution in [2.75, 3.05) is 6.54 Å². The molecule has 114 valence electrons. The van der Waals surface area contributed by atoms with Crippen LogP contribution in [-0.2, 0) is 16.1 Å². The van der Waals surface area contributed by atoms with Gasteiger partial charge >= 0.3 is 0 Å². The Bertz CT molecular complexity index is 736. The molecule has 1 aliphatic heterocycles. The smallest absolute Gasteiger partial charge is 0.225 e. The van der Waals surface area contributed by atoms with E-state index < -0.39 is 0 Å². The molecular formula is C15H17N5O2. The Kier molecular flexibility index (Phi) is 3.06. The van der Waals surface area contributed by atoms with Crippen LogP contribution >= 0.6 is 0 Å². The van der Waals surface area contributed by atoms with E-state index in [1.807, 2.05) is 33.7 Å². The van der Waals surface area contributed by atoms with Crippen LogP contribution < -0.4 is 5.32 Å². The van der Waals surface area contributed by atoms with Crippen molar-refractivity contribution in [3.63, 3.8) is 0 Å². The van der Waals surface area contributed by atoms with E-state index >= 15 is 0 Å². The van der Waals surface area contributed by atoms with Crippen molar-refractivity contribution in [3.8, 4) is 0 Å². The number of carbonyl (C=O) groups excluding carboxylic acids is 2. The Morgan fingerprint density at radius 2 is 2.18 bits per heavy atom. The molecule has 7 nitrogen and oxygen atoms in total. The zero-order chi connectivity index (χ0) is 15.1. The summed E-state index contributed by atoms with van der Waals surface area (Å²) in [6.45, 7) is 0.869. The molecule has 2 aromatic heterocycles. The maximum absolute atomic E-state index is 12.3. The minimum Gasteiger partial charge on any atom is -0.348 e. The second-order valence-electron chi connectivity index (χ2n) is 5.94. The van der Waals surface area contributed by atoms with Crippen LogP contribution in [0.5, 0.6) is 0 Å². The molecule has 1 saturated heterocycles. The van der Waals surface area contributed by atoms with Crippen LogP contribution in [0.15, 0.2) is 24.4 Å². The van der Waals surface area contributed by atoms with Gasteiger partial charge in [-0.15, -0.1) is 10.2 Å². The van der Waals surface area contributed by atoms with Crippen LogP contribution in [-0.4, -0.2) is 43.9 Å². The normalized spacial score (nSPS) is 21.5. The maximum atomic E-state index is 12.3. The van der Waals surface area contributed by atoms with Crippen LogP contribution in [0.4, 0.5) is 0 Å². The molecule has 0 bridgehead atoms. The summed E-state index contributed by atoms with van der Waals surface area (Å²) in [7, 11) is 0. The number of nitrogens with one attached hydrogen (secondary N) is 1. The van der Waals surface area contributed by atoms with E-state index in [1.54, 1.807) is 0 Å². The van der Waals surface area contributed by atoms with Gasteiger partial charge in [-0.3, -0.25) is 14.0 Å². The summed E-state index contributed by atoms with van der Waals surface area (Å²) in [5.41, 5.74) is 0.753. The molecule has 2 amide bonds. The van der Waals surface area contributed by atoms with E-state index in [0.29, 0.717) is 31.4 Å². The van der Waals surface area contributed by atoms with Gasteiger partial charge in [0.05, 0.1) is 12.5 Å². The van der Waals surface area contributed by atoms with Crippen molar-refractivity contribution < 1.29 is 9.59 Å². The first-order valence-corrected chi connectivity index (χ1v) is 7.58. The first kappa shape index (κ1) is 13.2. The monoisotopic (exact) mass is 299 g/mol. The fourth-order valence-electron chi connectivity index (χ4n) is 2.97. The molecular weight excluding hydrogens is 282 g/mol. The number of hydrogen-bond acceptors (Lipinski definition) is 4. The van der Waals surface area contributed by atoms with Crippen molar-refractivity contribution in [2.45, 2.75) is 31.8 Å². The molecule has 4 rings (SSSR count). The Morgan fingerprint density at radius 1 is 1.32 bits per heavy atom. The number of hydrogen-bond donors (Lipinski definition) is 1. The predicted octanol–water partition coefficient (Wildman–Crippen LogP) is 0.356. The molecule has 0 radical (unpaired) electrons. The average Bonchev–Trinajstić information content (AvgIpc) is 3.17. The Labute approximate surface area is 127 Å². The Morgan fingerprint density at radius 3 is 3.00 bits per heavy atom. The molecule has 3 heterocycles. The van der Waals surface area contributed by atoms with E-state index in [9.17, 15) is 9.59 Å². The molecule has 2 fully saturated rings. The third-order valence-corrected chi connectivity index (χ3v) is 4.32. The molecule has 1 N–H and O–H groups in total. The molecule has 7 heteroatoms. The van der Waals surface area contributed by atoms with Crippen molar-refractivity contribution in [1.29, 1.82) is 0 Å². The number of pyridine rings is 1. The van der Waals surface area contributed by atoms with Crippen LogP contribution in [0.25, 0.3) is 5.65 Å². The first-order chi connectivity index (χ1) is 10.7.